The maximum Gasteiger partial charge on any atom is 0.238 e. The molecule has 156 valence electrons. The largest absolute Gasteiger partial charge is 0.325 e. The van der Waals surface area contributed by atoms with Gasteiger partial charge in [-0.2, -0.15) is 0 Å². The molecule has 2 aromatic rings. The first-order chi connectivity index (χ1) is 14.4. The number of ketones is 1. The van der Waals surface area contributed by atoms with Crippen LogP contribution in [0.15, 0.2) is 41.8 Å². The van der Waals surface area contributed by atoms with Crippen molar-refractivity contribution in [2.45, 2.75) is 50.6 Å². The van der Waals surface area contributed by atoms with E-state index in [1.807, 2.05) is 0 Å². The minimum absolute atomic E-state index is 0.0316. The molecule has 1 aromatic carbocycles. The Hall–Kier alpha value is -2.93. The smallest absolute Gasteiger partial charge is 0.238 e. The fourth-order valence-corrected chi connectivity index (χ4v) is 4.37. The molecule has 4 rings (SSSR count). The van der Waals surface area contributed by atoms with Gasteiger partial charge in [0.05, 0.1) is 18.0 Å². The van der Waals surface area contributed by atoms with Gasteiger partial charge in [-0.25, -0.2) is 0 Å². The fourth-order valence-electron chi connectivity index (χ4n) is 4.37. The Morgan fingerprint density at radius 2 is 1.93 bits per heavy atom. The van der Waals surface area contributed by atoms with Crippen molar-refractivity contribution < 1.29 is 9.59 Å². The number of anilines is 1. The fraction of sp³-hybridized carbons (Fsp3) is 0.435. The number of hydrogen-bond acceptors (Lipinski definition) is 6. The van der Waals surface area contributed by atoms with E-state index < -0.39 is 5.92 Å². The predicted molar refractivity (Wildman–Crippen MR) is 116 cm³/mol. The Balaban J connectivity index is 1.73. The van der Waals surface area contributed by atoms with E-state index in [2.05, 4.69) is 34.3 Å². The topological polar surface area (TPSA) is 87.6 Å². The summed E-state index contributed by atoms with van der Waals surface area (Å²) in [5.41, 5.74) is 3.32. The normalized spacial score (nSPS) is 23.9. The average Bonchev–Trinajstić information content (AvgIpc) is 3.07. The summed E-state index contributed by atoms with van der Waals surface area (Å²) >= 11 is 0. The molecule has 7 nitrogen and oxygen atoms in total. The van der Waals surface area contributed by atoms with Gasteiger partial charge in [-0.15, -0.1) is 0 Å². The summed E-state index contributed by atoms with van der Waals surface area (Å²) in [5, 5.41) is 2.94. The van der Waals surface area contributed by atoms with Gasteiger partial charge in [-0.05, 0) is 70.5 Å². The monoisotopic (exact) mass is 405 g/mol. The molecule has 7 heteroatoms. The molecule has 1 aromatic heterocycles. The number of Topliss-reactive ketones (excluding diaryl/α,β-unsaturated/α-hetero) is 1. The SMILES string of the molecule is CC(=O)c1ccc2c(c1)C(C(=NC1CCC(N(C)C)CC1)c1cnccn1)C(=O)N2. The summed E-state index contributed by atoms with van der Waals surface area (Å²) in [6.07, 6.45) is 8.99. The molecule has 30 heavy (non-hydrogen) atoms. The molecule has 1 fully saturated rings. The molecule has 1 saturated carbocycles. The number of benzene rings is 1. The van der Waals surface area contributed by atoms with Crippen LogP contribution in [0.4, 0.5) is 5.69 Å². The van der Waals surface area contributed by atoms with Crippen LogP contribution in [-0.4, -0.2) is 58.4 Å². The van der Waals surface area contributed by atoms with Crippen molar-refractivity contribution in [3.8, 4) is 0 Å². The standard InChI is InChI=1S/C23H27N5O2/c1-14(29)15-4-9-19-18(12-15)21(23(30)27-19)22(20-13-24-10-11-25-20)26-16-5-7-17(8-6-16)28(2)3/h4,9-13,16-17,21H,5-8H2,1-3H3,(H,27,30). The van der Waals surface area contributed by atoms with Crippen LogP contribution in [0, 0.1) is 0 Å². The van der Waals surface area contributed by atoms with E-state index in [-0.39, 0.29) is 17.7 Å². The minimum Gasteiger partial charge on any atom is -0.325 e. The molecule has 1 amide bonds. The second-order valence-electron chi connectivity index (χ2n) is 8.31. The highest BCUT2D eigenvalue weighted by Gasteiger charge is 2.37. The van der Waals surface area contributed by atoms with Crippen LogP contribution in [0.3, 0.4) is 0 Å². The number of aliphatic imine (C=N–C) groups is 1. The molecular formula is C23H27N5O2. The maximum absolute atomic E-state index is 13.0. The van der Waals surface area contributed by atoms with Gasteiger partial charge in [0.1, 0.15) is 11.6 Å². The summed E-state index contributed by atoms with van der Waals surface area (Å²) in [6.45, 7) is 1.53. The number of fused-ring (bicyclic) bond motifs is 1. The molecule has 0 bridgehead atoms. The van der Waals surface area contributed by atoms with Crippen LogP contribution in [0.2, 0.25) is 0 Å². The number of nitrogens with one attached hydrogen (secondary N) is 1. The molecule has 2 aliphatic rings. The lowest BCUT2D eigenvalue weighted by Gasteiger charge is -2.31. The lowest BCUT2D eigenvalue weighted by atomic mass is 9.88. The van der Waals surface area contributed by atoms with Crippen LogP contribution < -0.4 is 5.32 Å². The Kier molecular flexibility index (Phi) is 5.72. The molecule has 0 spiro atoms. The van der Waals surface area contributed by atoms with Crippen molar-refractivity contribution in [3.05, 3.63) is 53.6 Å². The number of amides is 1. The maximum atomic E-state index is 13.0. The second-order valence-corrected chi connectivity index (χ2v) is 8.31. The summed E-state index contributed by atoms with van der Waals surface area (Å²) in [5.74, 6) is -0.768. The van der Waals surface area contributed by atoms with Crippen LogP contribution in [0.1, 0.15) is 60.1 Å². The zero-order chi connectivity index (χ0) is 21.3. The second kappa shape index (κ2) is 8.44. The average molecular weight is 406 g/mol. The first-order valence-corrected chi connectivity index (χ1v) is 10.4. The number of nitrogens with zero attached hydrogens (tertiary/aromatic N) is 4. The van der Waals surface area contributed by atoms with Gasteiger partial charge in [0.15, 0.2) is 5.78 Å². The number of aromatic nitrogens is 2. The van der Waals surface area contributed by atoms with E-state index in [4.69, 9.17) is 4.99 Å². The van der Waals surface area contributed by atoms with Crippen LogP contribution in [-0.2, 0) is 4.79 Å². The van der Waals surface area contributed by atoms with E-state index in [0.29, 0.717) is 23.0 Å². The highest BCUT2D eigenvalue weighted by Crippen LogP contribution is 2.36. The minimum atomic E-state index is -0.595. The van der Waals surface area contributed by atoms with E-state index >= 15 is 0 Å². The molecule has 2 heterocycles. The van der Waals surface area contributed by atoms with Crippen LogP contribution in [0.5, 0.6) is 0 Å². The molecular weight excluding hydrogens is 378 g/mol. The molecule has 1 aliphatic heterocycles. The van der Waals surface area contributed by atoms with Crippen LogP contribution >= 0.6 is 0 Å². The summed E-state index contributed by atoms with van der Waals surface area (Å²) in [6, 6.07) is 6.05. The van der Waals surface area contributed by atoms with Crippen molar-refractivity contribution in [1.29, 1.82) is 0 Å². The summed E-state index contributed by atoms with van der Waals surface area (Å²) in [7, 11) is 4.23. The lowest BCUT2D eigenvalue weighted by molar-refractivity contribution is -0.115. The van der Waals surface area contributed by atoms with E-state index in [9.17, 15) is 9.59 Å². The highest BCUT2D eigenvalue weighted by atomic mass is 16.2. The summed E-state index contributed by atoms with van der Waals surface area (Å²) < 4.78 is 0. The van der Waals surface area contributed by atoms with E-state index in [1.54, 1.807) is 36.8 Å². The van der Waals surface area contributed by atoms with Gasteiger partial charge < -0.3 is 10.2 Å². The van der Waals surface area contributed by atoms with Gasteiger partial charge in [0.2, 0.25) is 5.91 Å². The van der Waals surface area contributed by atoms with Gasteiger partial charge >= 0.3 is 0 Å². The van der Waals surface area contributed by atoms with E-state index in [0.717, 1.165) is 36.9 Å². The Morgan fingerprint density at radius 3 is 2.57 bits per heavy atom. The third kappa shape index (κ3) is 4.03. The molecule has 0 saturated heterocycles. The molecule has 1 aliphatic carbocycles. The summed E-state index contributed by atoms with van der Waals surface area (Å²) in [4.78, 5) is 40.9. The first kappa shape index (κ1) is 20.3. The van der Waals surface area contributed by atoms with Gasteiger partial charge in [-0.3, -0.25) is 24.5 Å². The predicted octanol–water partition coefficient (Wildman–Crippen LogP) is 3.08. The number of hydrogen-bond donors (Lipinski definition) is 1. The Labute approximate surface area is 176 Å². The van der Waals surface area contributed by atoms with Gasteiger partial charge in [0, 0.05) is 29.7 Å². The third-order valence-corrected chi connectivity index (χ3v) is 6.11. The number of carbonyl (C=O) groups excluding carboxylic acids is 2. The Morgan fingerprint density at radius 1 is 1.17 bits per heavy atom. The van der Waals surface area contributed by atoms with Gasteiger partial charge in [-0.1, -0.05) is 0 Å². The molecule has 1 atom stereocenters. The molecule has 1 unspecified atom stereocenters. The van der Waals surface area contributed by atoms with Crippen molar-refractivity contribution in [2.24, 2.45) is 4.99 Å². The van der Waals surface area contributed by atoms with Crippen molar-refractivity contribution in [3.63, 3.8) is 0 Å². The first-order valence-electron chi connectivity index (χ1n) is 10.4. The third-order valence-electron chi connectivity index (χ3n) is 6.11. The zero-order valence-electron chi connectivity index (χ0n) is 17.6. The van der Waals surface area contributed by atoms with Crippen molar-refractivity contribution >= 4 is 23.1 Å². The quantitative estimate of drug-likeness (QED) is 0.610. The molecule has 1 N–H and O–H groups in total. The Bertz CT molecular complexity index is 978. The van der Waals surface area contributed by atoms with E-state index in [1.165, 1.54) is 6.92 Å². The lowest BCUT2D eigenvalue weighted by Crippen LogP contribution is -2.34. The van der Waals surface area contributed by atoms with Crippen molar-refractivity contribution in [2.75, 3.05) is 19.4 Å². The number of carbonyl (C=O) groups is 2. The van der Waals surface area contributed by atoms with Gasteiger partial charge in [0.25, 0.3) is 0 Å². The molecule has 0 radical (unpaired) electrons. The van der Waals surface area contributed by atoms with Crippen LogP contribution in [0.25, 0.3) is 0 Å². The van der Waals surface area contributed by atoms with Crippen molar-refractivity contribution in [1.82, 2.24) is 14.9 Å². The number of rotatable bonds is 5. The highest BCUT2D eigenvalue weighted by molar-refractivity contribution is 6.23. The zero-order valence-corrected chi connectivity index (χ0v) is 17.6.